The Balaban J connectivity index is 1.37. The molecule has 8 nitrogen and oxygen atoms in total. The molecule has 1 aromatic rings. The van der Waals surface area contributed by atoms with Gasteiger partial charge in [0.25, 0.3) is 5.91 Å². The molecular weight excluding hydrogens is 462 g/mol. The molecule has 0 radical (unpaired) electrons. The molecule has 0 saturated carbocycles. The maximum Gasteiger partial charge on any atom is 0.414 e. The van der Waals surface area contributed by atoms with Crippen LogP contribution >= 0.6 is 23.8 Å². The molecule has 2 fully saturated rings. The third-order valence-corrected chi connectivity index (χ3v) is 7.84. The molecule has 3 aliphatic rings. The van der Waals surface area contributed by atoms with E-state index in [1.165, 1.54) is 27.4 Å². The van der Waals surface area contributed by atoms with Gasteiger partial charge in [-0.15, -0.1) is 0 Å². The number of rotatable bonds is 6. The first-order chi connectivity index (χ1) is 14.8. The summed E-state index contributed by atoms with van der Waals surface area (Å²) < 4.78 is 31.6. The number of hydrogen-bond donors (Lipinski definition) is 1. The molecule has 1 atom stereocenters. The Labute approximate surface area is 190 Å². The number of benzene rings is 1. The molecule has 1 aromatic carbocycles. The molecule has 0 aromatic heterocycles. The molecule has 4 rings (SSSR count). The van der Waals surface area contributed by atoms with Crippen molar-refractivity contribution in [1.29, 1.82) is 0 Å². The maximum atomic E-state index is 12.4. The first-order valence-electron chi connectivity index (χ1n) is 9.73. The van der Waals surface area contributed by atoms with E-state index in [1.807, 2.05) is 0 Å². The number of carbonyl (C=O) groups is 2. The van der Waals surface area contributed by atoms with Crippen LogP contribution in [0.3, 0.4) is 0 Å². The number of allylic oxidation sites excluding steroid dienone is 3. The second-order valence-corrected chi connectivity index (χ2v) is 10.2. The van der Waals surface area contributed by atoms with Crippen LogP contribution in [-0.4, -0.2) is 61.9 Å². The molecule has 0 bridgehead atoms. The van der Waals surface area contributed by atoms with Crippen LogP contribution in [0.25, 0.3) is 0 Å². The highest BCUT2D eigenvalue weighted by atomic mass is 35.5. The van der Waals surface area contributed by atoms with Crippen LogP contribution in [0.15, 0.2) is 51.9 Å². The van der Waals surface area contributed by atoms with Gasteiger partial charge in [0.2, 0.25) is 10.0 Å². The number of anilines is 1. The van der Waals surface area contributed by atoms with Crippen molar-refractivity contribution in [3.05, 3.63) is 47.0 Å². The SMILES string of the molecule is O=C(NC[C@H]1CN(c2ccc(S(=O)(=O)N3CCC3)cc2)C(=O)O1)C1=CC(Cl)=CCC1=S. The molecule has 1 N–H and O–H groups in total. The van der Waals surface area contributed by atoms with Crippen LogP contribution < -0.4 is 10.2 Å². The van der Waals surface area contributed by atoms with Gasteiger partial charge in [-0.1, -0.05) is 29.9 Å². The van der Waals surface area contributed by atoms with Gasteiger partial charge in [0.05, 0.1) is 23.6 Å². The highest BCUT2D eigenvalue weighted by Crippen LogP contribution is 2.26. The summed E-state index contributed by atoms with van der Waals surface area (Å²) in [6, 6.07) is 6.13. The Hall–Kier alpha value is -2.27. The third kappa shape index (κ3) is 4.52. The summed E-state index contributed by atoms with van der Waals surface area (Å²) in [5.41, 5.74) is 0.858. The van der Waals surface area contributed by atoms with E-state index in [9.17, 15) is 18.0 Å². The number of cyclic esters (lactones) is 1. The zero-order valence-corrected chi connectivity index (χ0v) is 18.8. The molecule has 164 valence electrons. The van der Waals surface area contributed by atoms with E-state index < -0.39 is 22.2 Å². The predicted octanol–water partition coefficient (Wildman–Crippen LogP) is 2.35. The van der Waals surface area contributed by atoms with Gasteiger partial charge in [-0.2, -0.15) is 4.31 Å². The van der Waals surface area contributed by atoms with Crippen LogP contribution in [0, 0.1) is 0 Å². The minimum atomic E-state index is -3.48. The van der Waals surface area contributed by atoms with E-state index in [1.54, 1.807) is 18.2 Å². The van der Waals surface area contributed by atoms with Crippen molar-refractivity contribution in [2.45, 2.75) is 23.8 Å². The van der Waals surface area contributed by atoms with Gasteiger partial charge in [-0.05, 0) is 36.8 Å². The molecule has 1 aliphatic carbocycles. The van der Waals surface area contributed by atoms with Crippen molar-refractivity contribution in [3.8, 4) is 0 Å². The molecule has 2 saturated heterocycles. The summed E-state index contributed by atoms with van der Waals surface area (Å²) in [6.45, 7) is 1.39. The van der Waals surface area contributed by atoms with Gasteiger partial charge in [-0.25, -0.2) is 13.2 Å². The summed E-state index contributed by atoms with van der Waals surface area (Å²) in [5.74, 6) is -0.369. The monoisotopic (exact) mass is 481 g/mol. The molecule has 0 unspecified atom stereocenters. The fourth-order valence-electron chi connectivity index (χ4n) is 3.38. The maximum absolute atomic E-state index is 12.4. The molecule has 2 aliphatic heterocycles. The number of nitrogens with zero attached hydrogens (tertiary/aromatic N) is 2. The topological polar surface area (TPSA) is 96.0 Å². The summed E-state index contributed by atoms with van der Waals surface area (Å²) in [6.07, 6.45) is 3.44. The van der Waals surface area contributed by atoms with Crippen molar-refractivity contribution >= 4 is 56.4 Å². The fraction of sp³-hybridized carbons (Fsp3) is 0.350. The van der Waals surface area contributed by atoms with Gasteiger partial charge in [0.1, 0.15) is 6.10 Å². The van der Waals surface area contributed by atoms with Crippen molar-refractivity contribution < 1.29 is 22.7 Å². The lowest BCUT2D eigenvalue weighted by Gasteiger charge is -2.29. The third-order valence-electron chi connectivity index (χ3n) is 5.28. The lowest BCUT2D eigenvalue weighted by molar-refractivity contribution is -0.117. The van der Waals surface area contributed by atoms with E-state index in [2.05, 4.69) is 5.32 Å². The van der Waals surface area contributed by atoms with Crippen LogP contribution in [0.1, 0.15) is 12.8 Å². The van der Waals surface area contributed by atoms with Crippen molar-refractivity contribution in [1.82, 2.24) is 9.62 Å². The van der Waals surface area contributed by atoms with Crippen molar-refractivity contribution in [3.63, 3.8) is 0 Å². The summed E-state index contributed by atoms with van der Waals surface area (Å²) in [5, 5.41) is 3.18. The Bertz CT molecular complexity index is 1090. The second-order valence-electron chi connectivity index (χ2n) is 7.35. The van der Waals surface area contributed by atoms with E-state index in [4.69, 9.17) is 28.6 Å². The lowest BCUT2D eigenvalue weighted by atomic mass is 10.0. The van der Waals surface area contributed by atoms with Gasteiger partial charge in [-0.3, -0.25) is 9.69 Å². The van der Waals surface area contributed by atoms with Crippen molar-refractivity contribution in [2.24, 2.45) is 0 Å². The Morgan fingerprint density at radius 2 is 1.97 bits per heavy atom. The number of sulfonamides is 1. The van der Waals surface area contributed by atoms with E-state index in [-0.39, 0.29) is 23.9 Å². The van der Waals surface area contributed by atoms with E-state index >= 15 is 0 Å². The van der Waals surface area contributed by atoms with Crippen LogP contribution in [0.2, 0.25) is 0 Å². The molecule has 0 spiro atoms. The van der Waals surface area contributed by atoms with E-state index in [0.29, 0.717) is 40.7 Å². The summed E-state index contributed by atoms with van der Waals surface area (Å²) in [4.78, 5) is 26.8. The van der Waals surface area contributed by atoms with Crippen LogP contribution in [0.4, 0.5) is 10.5 Å². The number of ether oxygens (including phenoxy) is 1. The minimum Gasteiger partial charge on any atom is -0.442 e. The predicted molar refractivity (Wildman–Crippen MR) is 120 cm³/mol. The largest absolute Gasteiger partial charge is 0.442 e. The Morgan fingerprint density at radius 3 is 2.61 bits per heavy atom. The molecule has 2 amide bonds. The fourth-order valence-corrected chi connectivity index (χ4v) is 5.32. The number of carbonyl (C=O) groups excluding carboxylic acids is 2. The number of nitrogens with one attached hydrogen (secondary N) is 1. The smallest absolute Gasteiger partial charge is 0.414 e. The highest BCUT2D eigenvalue weighted by molar-refractivity contribution is 7.89. The van der Waals surface area contributed by atoms with Crippen LogP contribution in [0.5, 0.6) is 0 Å². The first kappa shape index (κ1) is 21.9. The first-order valence-corrected chi connectivity index (χ1v) is 12.0. The normalized spacial score (nSPS) is 21.8. The van der Waals surface area contributed by atoms with Gasteiger partial charge in [0, 0.05) is 35.1 Å². The van der Waals surface area contributed by atoms with Crippen molar-refractivity contribution in [2.75, 3.05) is 31.1 Å². The van der Waals surface area contributed by atoms with E-state index in [0.717, 1.165) is 6.42 Å². The van der Waals surface area contributed by atoms with Crippen LogP contribution in [-0.2, 0) is 19.6 Å². The average Bonchev–Trinajstić information content (AvgIpc) is 3.07. The minimum absolute atomic E-state index is 0.115. The molecule has 31 heavy (non-hydrogen) atoms. The zero-order chi connectivity index (χ0) is 22.2. The lowest BCUT2D eigenvalue weighted by Crippen LogP contribution is -2.41. The number of halogens is 1. The van der Waals surface area contributed by atoms with Gasteiger partial charge >= 0.3 is 6.09 Å². The number of hydrogen-bond acceptors (Lipinski definition) is 6. The Morgan fingerprint density at radius 1 is 1.26 bits per heavy atom. The van der Waals surface area contributed by atoms with Gasteiger partial charge < -0.3 is 10.1 Å². The summed E-state index contributed by atoms with van der Waals surface area (Å²) in [7, 11) is -3.48. The quantitative estimate of drug-likeness (QED) is 0.626. The molecule has 2 heterocycles. The number of thiocarbonyl (C=S) groups is 1. The Kier molecular flexibility index (Phi) is 6.16. The standard InChI is InChI=1S/C20H20ClN3O5S2/c21-13-2-7-18(30)17(10-13)19(25)22-11-15-12-24(20(26)29-15)14-3-5-16(6-4-14)31(27,28)23-8-1-9-23/h2-6,10,15H,1,7-9,11-12H2,(H,22,25)/t15-/m0/s1. The molecular formula is C20H20ClN3O5S2. The zero-order valence-electron chi connectivity index (χ0n) is 16.4. The second kappa shape index (κ2) is 8.70. The number of amides is 2. The highest BCUT2D eigenvalue weighted by Gasteiger charge is 2.34. The average molecular weight is 482 g/mol. The molecule has 11 heteroatoms. The van der Waals surface area contributed by atoms with Gasteiger partial charge in [0.15, 0.2) is 0 Å². The summed E-state index contributed by atoms with van der Waals surface area (Å²) >= 11 is 11.1.